The maximum Gasteiger partial charge on any atom is 0.292 e. The Balaban J connectivity index is 1.42. The molecule has 2 aliphatic heterocycles. The van der Waals surface area contributed by atoms with Gasteiger partial charge in [-0.15, -0.1) is 0 Å². The predicted octanol–water partition coefficient (Wildman–Crippen LogP) is 3.39. The number of morpholine rings is 1. The molecular formula is C21H19N5O2. The van der Waals surface area contributed by atoms with Gasteiger partial charge in [-0.1, -0.05) is 0 Å². The highest BCUT2D eigenvalue weighted by molar-refractivity contribution is 5.84. The lowest BCUT2D eigenvalue weighted by atomic mass is 10.1. The van der Waals surface area contributed by atoms with E-state index in [4.69, 9.17) is 19.9 Å². The van der Waals surface area contributed by atoms with Crippen molar-refractivity contribution in [3.8, 4) is 11.3 Å². The van der Waals surface area contributed by atoms with Crippen molar-refractivity contribution in [1.29, 1.82) is 0 Å². The minimum Gasteiger partial charge on any atom is -0.424 e. The second-order valence-electron chi connectivity index (χ2n) is 7.49. The van der Waals surface area contributed by atoms with E-state index in [1.54, 1.807) is 0 Å². The highest BCUT2D eigenvalue weighted by Gasteiger charge is 2.37. The number of anilines is 2. The number of fused-ring (bicyclic) bond motifs is 4. The summed E-state index contributed by atoms with van der Waals surface area (Å²) in [5.74, 6) is 0. The first-order chi connectivity index (χ1) is 13.7. The van der Waals surface area contributed by atoms with E-state index in [9.17, 15) is 0 Å². The van der Waals surface area contributed by atoms with Crippen molar-refractivity contribution in [2.45, 2.75) is 24.9 Å². The molecule has 28 heavy (non-hydrogen) atoms. The van der Waals surface area contributed by atoms with E-state index in [2.05, 4.69) is 20.9 Å². The van der Waals surface area contributed by atoms with E-state index in [-0.39, 0.29) is 6.01 Å². The largest absolute Gasteiger partial charge is 0.424 e. The molecule has 2 saturated heterocycles. The number of ether oxygens (including phenoxy) is 1. The molecule has 2 atom stereocenters. The van der Waals surface area contributed by atoms with Gasteiger partial charge in [0.15, 0.2) is 5.58 Å². The molecule has 7 nitrogen and oxygen atoms in total. The predicted molar refractivity (Wildman–Crippen MR) is 107 cm³/mol. The third-order valence-electron chi connectivity index (χ3n) is 5.76. The van der Waals surface area contributed by atoms with Crippen LogP contribution in [0.3, 0.4) is 0 Å². The third kappa shape index (κ3) is 2.43. The zero-order valence-electron chi connectivity index (χ0n) is 15.2. The van der Waals surface area contributed by atoms with Gasteiger partial charge in [0.2, 0.25) is 0 Å². The molecule has 140 valence electrons. The Morgan fingerprint density at radius 2 is 1.79 bits per heavy atom. The summed E-state index contributed by atoms with van der Waals surface area (Å²) < 4.78 is 11.1. The summed E-state index contributed by atoms with van der Waals surface area (Å²) in [7, 11) is 0. The van der Waals surface area contributed by atoms with Crippen LogP contribution in [0.25, 0.3) is 33.4 Å². The van der Waals surface area contributed by atoms with E-state index in [0.29, 0.717) is 17.7 Å². The first-order valence-electron chi connectivity index (χ1n) is 9.54. The van der Waals surface area contributed by atoms with E-state index in [1.165, 1.54) is 12.8 Å². The standard InChI is InChI=1S/C21H19N5O2/c22-21-25-19-7-12(1-6-20(19)28-21)16-4-5-17-18(24-16)8-15(9-23-17)26-13-2-3-14(26)11-27-10-13/h1,4-9,13-14H,2-3,10-11H2,(H2,22,25). The van der Waals surface area contributed by atoms with E-state index in [0.717, 1.165) is 46.7 Å². The summed E-state index contributed by atoms with van der Waals surface area (Å²) in [6, 6.07) is 13.0. The number of rotatable bonds is 2. The van der Waals surface area contributed by atoms with Gasteiger partial charge >= 0.3 is 0 Å². The molecule has 0 aliphatic carbocycles. The average Bonchev–Trinajstić information content (AvgIpc) is 3.21. The van der Waals surface area contributed by atoms with E-state index in [1.807, 2.05) is 36.5 Å². The number of hydrogen-bond acceptors (Lipinski definition) is 7. The zero-order chi connectivity index (χ0) is 18.7. The van der Waals surface area contributed by atoms with Crippen molar-refractivity contribution < 1.29 is 9.15 Å². The molecule has 2 fully saturated rings. The van der Waals surface area contributed by atoms with Crippen LogP contribution in [-0.2, 0) is 4.74 Å². The lowest BCUT2D eigenvalue weighted by molar-refractivity contribution is 0.0906. The average molecular weight is 373 g/mol. The summed E-state index contributed by atoms with van der Waals surface area (Å²) in [6.45, 7) is 1.59. The summed E-state index contributed by atoms with van der Waals surface area (Å²) in [6.07, 6.45) is 4.32. The van der Waals surface area contributed by atoms with Gasteiger partial charge in [-0.05, 0) is 49.2 Å². The third-order valence-corrected chi connectivity index (χ3v) is 5.76. The van der Waals surface area contributed by atoms with Crippen molar-refractivity contribution in [3.05, 3.63) is 42.6 Å². The van der Waals surface area contributed by atoms with Gasteiger partial charge in [-0.25, -0.2) is 4.98 Å². The van der Waals surface area contributed by atoms with Crippen LogP contribution >= 0.6 is 0 Å². The van der Waals surface area contributed by atoms with Crippen molar-refractivity contribution in [3.63, 3.8) is 0 Å². The van der Waals surface area contributed by atoms with Crippen molar-refractivity contribution in [2.75, 3.05) is 23.8 Å². The van der Waals surface area contributed by atoms with E-state index < -0.39 is 0 Å². The fraction of sp³-hybridized carbons (Fsp3) is 0.286. The second-order valence-corrected chi connectivity index (χ2v) is 7.49. The van der Waals surface area contributed by atoms with Crippen LogP contribution in [0.2, 0.25) is 0 Å². The summed E-state index contributed by atoms with van der Waals surface area (Å²) in [5.41, 5.74) is 11.8. The molecule has 0 radical (unpaired) electrons. The Labute approximate surface area is 161 Å². The van der Waals surface area contributed by atoms with Crippen molar-refractivity contribution >= 4 is 33.8 Å². The number of oxazole rings is 1. The molecule has 6 rings (SSSR count). The van der Waals surface area contributed by atoms with Gasteiger partial charge in [0, 0.05) is 5.56 Å². The van der Waals surface area contributed by atoms with Crippen LogP contribution in [0.4, 0.5) is 11.7 Å². The smallest absolute Gasteiger partial charge is 0.292 e. The first-order valence-corrected chi connectivity index (χ1v) is 9.54. The highest BCUT2D eigenvalue weighted by atomic mass is 16.5. The first kappa shape index (κ1) is 15.8. The molecule has 2 aliphatic rings. The maximum atomic E-state index is 5.71. The molecule has 0 amide bonds. The Bertz CT molecular complexity index is 1190. The van der Waals surface area contributed by atoms with Crippen LogP contribution in [0.5, 0.6) is 0 Å². The zero-order valence-corrected chi connectivity index (χ0v) is 15.2. The van der Waals surface area contributed by atoms with Crippen molar-refractivity contribution in [2.24, 2.45) is 0 Å². The molecule has 1 aromatic carbocycles. The Morgan fingerprint density at radius 1 is 0.929 bits per heavy atom. The quantitative estimate of drug-likeness (QED) is 0.576. The number of benzene rings is 1. The number of pyridine rings is 2. The molecule has 0 saturated carbocycles. The minimum absolute atomic E-state index is 0.174. The molecule has 2 N–H and O–H groups in total. The fourth-order valence-electron chi connectivity index (χ4n) is 4.45. The number of hydrogen-bond donors (Lipinski definition) is 1. The maximum absolute atomic E-state index is 5.71. The van der Waals surface area contributed by atoms with Gasteiger partial charge < -0.3 is 19.8 Å². The normalized spacial score (nSPS) is 21.6. The molecular weight excluding hydrogens is 354 g/mol. The van der Waals surface area contributed by atoms with Gasteiger partial charge in [-0.2, -0.15) is 4.98 Å². The monoisotopic (exact) mass is 373 g/mol. The SMILES string of the molecule is Nc1nc2cc(-c3ccc4ncc(N5C6CCC5COC6)cc4n3)ccc2o1. The number of nitrogens with two attached hydrogens (primary N) is 1. The minimum atomic E-state index is 0.174. The molecule has 2 unspecified atom stereocenters. The van der Waals surface area contributed by atoms with Crippen molar-refractivity contribution in [1.82, 2.24) is 15.0 Å². The number of nitrogens with zero attached hydrogens (tertiary/aromatic N) is 4. The van der Waals surface area contributed by atoms with Gasteiger partial charge in [-0.3, -0.25) is 4.98 Å². The van der Waals surface area contributed by atoms with Crippen LogP contribution in [0.1, 0.15) is 12.8 Å². The summed E-state index contributed by atoms with van der Waals surface area (Å²) in [5, 5.41) is 0. The Morgan fingerprint density at radius 3 is 2.64 bits per heavy atom. The highest BCUT2D eigenvalue weighted by Crippen LogP contribution is 2.35. The summed E-state index contributed by atoms with van der Waals surface area (Å²) >= 11 is 0. The molecule has 5 heterocycles. The van der Waals surface area contributed by atoms with Crippen LogP contribution in [0, 0.1) is 0 Å². The molecule has 0 spiro atoms. The number of nitrogen functional groups attached to an aromatic ring is 1. The van der Waals surface area contributed by atoms with Crippen LogP contribution in [0.15, 0.2) is 47.0 Å². The molecule has 4 aromatic rings. The summed E-state index contributed by atoms with van der Waals surface area (Å²) in [4.78, 5) is 16.2. The second kappa shape index (κ2) is 5.90. The number of aromatic nitrogens is 3. The Kier molecular flexibility index (Phi) is 3.34. The lowest BCUT2D eigenvalue weighted by Crippen LogP contribution is -2.45. The molecule has 7 heteroatoms. The molecule has 3 aromatic heterocycles. The molecule has 2 bridgehead atoms. The van der Waals surface area contributed by atoms with E-state index >= 15 is 0 Å². The fourth-order valence-corrected chi connectivity index (χ4v) is 4.45. The van der Waals surface area contributed by atoms with Crippen LogP contribution in [-0.4, -0.2) is 40.2 Å². The van der Waals surface area contributed by atoms with Gasteiger partial charge in [0.05, 0.1) is 53.9 Å². The topological polar surface area (TPSA) is 90.3 Å². The van der Waals surface area contributed by atoms with Gasteiger partial charge in [0.1, 0.15) is 5.52 Å². The lowest BCUT2D eigenvalue weighted by Gasteiger charge is -2.36. The van der Waals surface area contributed by atoms with Crippen LogP contribution < -0.4 is 10.6 Å². The Hall–Kier alpha value is -3.19. The van der Waals surface area contributed by atoms with Gasteiger partial charge in [0.25, 0.3) is 6.01 Å².